The second-order valence-corrected chi connectivity index (χ2v) is 8.56. The van der Waals surface area contributed by atoms with Crippen LogP contribution in [-0.4, -0.2) is 29.1 Å². The number of benzene rings is 1. The van der Waals surface area contributed by atoms with E-state index in [4.69, 9.17) is 9.84 Å². The first kappa shape index (κ1) is 21.0. The van der Waals surface area contributed by atoms with Crippen molar-refractivity contribution in [2.75, 3.05) is 5.32 Å². The molecule has 2 N–H and O–H groups in total. The number of esters is 1. The first-order chi connectivity index (χ1) is 13.8. The lowest BCUT2D eigenvalue weighted by Crippen LogP contribution is -2.19. The number of rotatable bonds is 7. The number of carboxylic acid groups (broad SMARTS) is 1. The molecule has 1 aromatic heterocycles. The zero-order valence-electron chi connectivity index (χ0n) is 16.6. The van der Waals surface area contributed by atoms with Gasteiger partial charge in [0.05, 0.1) is 18.1 Å². The van der Waals surface area contributed by atoms with Gasteiger partial charge in [0.2, 0.25) is 5.91 Å². The summed E-state index contributed by atoms with van der Waals surface area (Å²) in [5.74, 6) is -1.52. The Labute approximate surface area is 173 Å². The third kappa shape index (κ3) is 5.23. The summed E-state index contributed by atoms with van der Waals surface area (Å²) in [4.78, 5) is 36.7. The molecule has 3 rings (SSSR count). The number of carboxylic acids is 1. The van der Waals surface area contributed by atoms with Gasteiger partial charge in [-0.15, -0.1) is 11.3 Å². The highest BCUT2D eigenvalue weighted by molar-refractivity contribution is 7.17. The molecule has 29 heavy (non-hydrogen) atoms. The van der Waals surface area contributed by atoms with Gasteiger partial charge in [0.15, 0.2) is 0 Å². The molecule has 0 bridgehead atoms. The summed E-state index contributed by atoms with van der Waals surface area (Å²) in [6.45, 7) is 3.57. The van der Waals surface area contributed by atoms with Gasteiger partial charge in [0.25, 0.3) is 0 Å². The van der Waals surface area contributed by atoms with E-state index in [2.05, 4.69) is 17.4 Å². The average Bonchev–Trinajstić information content (AvgIpc) is 3.03. The molecule has 1 aromatic carbocycles. The summed E-state index contributed by atoms with van der Waals surface area (Å²) in [7, 11) is 0. The molecule has 0 aliphatic heterocycles. The van der Waals surface area contributed by atoms with Crippen LogP contribution in [0.5, 0.6) is 0 Å². The second kappa shape index (κ2) is 9.22. The summed E-state index contributed by atoms with van der Waals surface area (Å²) < 4.78 is 5.41. The van der Waals surface area contributed by atoms with Crippen molar-refractivity contribution in [2.45, 2.75) is 58.0 Å². The lowest BCUT2D eigenvalue weighted by atomic mass is 9.83. The fourth-order valence-corrected chi connectivity index (χ4v) is 4.91. The van der Waals surface area contributed by atoms with Crippen LogP contribution in [-0.2, 0) is 27.2 Å². The van der Waals surface area contributed by atoms with E-state index < -0.39 is 17.8 Å². The molecule has 0 fully saturated rings. The molecule has 1 heterocycles. The van der Waals surface area contributed by atoms with E-state index in [1.165, 1.54) is 16.9 Å². The summed E-state index contributed by atoms with van der Waals surface area (Å²) in [5.41, 5.74) is 2.64. The Morgan fingerprint density at radius 3 is 2.59 bits per heavy atom. The number of carbonyl (C=O) groups excluding carboxylic acids is 2. The van der Waals surface area contributed by atoms with Crippen molar-refractivity contribution in [3.05, 3.63) is 51.9 Å². The number of nitrogens with one attached hydrogen (secondary N) is 1. The van der Waals surface area contributed by atoms with E-state index in [1.54, 1.807) is 13.8 Å². The van der Waals surface area contributed by atoms with Gasteiger partial charge in [0, 0.05) is 11.3 Å². The lowest BCUT2D eigenvalue weighted by Gasteiger charge is -2.23. The third-order valence-corrected chi connectivity index (χ3v) is 6.07. The van der Waals surface area contributed by atoms with Crippen molar-refractivity contribution in [2.24, 2.45) is 0 Å². The average molecular weight is 416 g/mol. The standard InChI is InChI=1S/C22H25NO5S/c1-13(2)28-22(27)20-16-9-8-15(14-6-4-3-5-7-14)12-17(16)29-21(20)23-18(24)10-11-19(25)26/h3-7,13,15H,8-12H2,1-2H3,(H,23,24)(H,25,26)/t15-/m0/s1. The first-order valence-corrected chi connectivity index (χ1v) is 10.6. The molecule has 0 saturated heterocycles. The van der Waals surface area contributed by atoms with Crippen LogP contribution in [0.4, 0.5) is 5.00 Å². The SMILES string of the molecule is CC(C)OC(=O)c1c(NC(=O)CCC(=O)O)sc2c1CC[C@H](c1ccccc1)C2. The van der Waals surface area contributed by atoms with Crippen LogP contribution in [0.25, 0.3) is 0 Å². The maximum atomic E-state index is 12.7. The Morgan fingerprint density at radius 2 is 1.93 bits per heavy atom. The largest absolute Gasteiger partial charge is 0.481 e. The highest BCUT2D eigenvalue weighted by Crippen LogP contribution is 2.43. The van der Waals surface area contributed by atoms with E-state index in [0.29, 0.717) is 16.5 Å². The van der Waals surface area contributed by atoms with Crippen molar-refractivity contribution in [1.29, 1.82) is 0 Å². The highest BCUT2D eigenvalue weighted by atomic mass is 32.1. The number of hydrogen-bond donors (Lipinski definition) is 2. The maximum absolute atomic E-state index is 12.7. The van der Waals surface area contributed by atoms with Crippen LogP contribution in [0.3, 0.4) is 0 Å². The smallest absolute Gasteiger partial charge is 0.341 e. The Balaban J connectivity index is 1.87. The summed E-state index contributed by atoms with van der Waals surface area (Å²) in [6, 6.07) is 10.3. The number of anilines is 1. The van der Waals surface area contributed by atoms with E-state index >= 15 is 0 Å². The summed E-state index contributed by atoms with van der Waals surface area (Å²) in [5, 5.41) is 12.0. The second-order valence-electron chi connectivity index (χ2n) is 7.45. The number of fused-ring (bicyclic) bond motifs is 1. The molecule has 0 radical (unpaired) electrons. The molecular weight excluding hydrogens is 390 g/mol. The van der Waals surface area contributed by atoms with Gasteiger partial charge >= 0.3 is 11.9 Å². The minimum atomic E-state index is -1.03. The van der Waals surface area contributed by atoms with Gasteiger partial charge in [-0.1, -0.05) is 30.3 Å². The van der Waals surface area contributed by atoms with Crippen LogP contribution in [0.15, 0.2) is 30.3 Å². The van der Waals surface area contributed by atoms with Crippen molar-refractivity contribution in [3.63, 3.8) is 0 Å². The van der Waals surface area contributed by atoms with E-state index in [0.717, 1.165) is 29.7 Å². The Bertz CT molecular complexity index is 903. The molecule has 1 aliphatic carbocycles. The number of carbonyl (C=O) groups is 3. The van der Waals surface area contributed by atoms with Gasteiger partial charge in [-0.05, 0) is 50.2 Å². The van der Waals surface area contributed by atoms with Crippen LogP contribution in [0.1, 0.15) is 65.4 Å². The predicted molar refractivity (Wildman–Crippen MR) is 112 cm³/mol. The Morgan fingerprint density at radius 1 is 1.21 bits per heavy atom. The molecule has 6 nitrogen and oxygen atoms in total. The minimum Gasteiger partial charge on any atom is -0.481 e. The van der Waals surface area contributed by atoms with Gasteiger partial charge in [-0.3, -0.25) is 9.59 Å². The summed E-state index contributed by atoms with van der Waals surface area (Å²) in [6.07, 6.45) is 1.80. The first-order valence-electron chi connectivity index (χ1n) is 9.77. The molecule has 1 amide bonds. The number of hydrogen-bond acceptors (Lipinski definition) is 5. The van der Waals surface area contributed by atoms with Crippen LogP contribution in [0.2, 0.25) is 0 Å². The van der Waals surface area contributed by atoms with Crippen molar-refractivity contribution in [3.8, 4) is 0 Å². The molecule has 0 spiro atoms. The maximum Gasteiger partial charge on any atom is 0.341 e. The van der Waals surface area contributed by atoms with Gasteiger partial charge in [-0.2, -0.15) is 0 Å². The van der Waals surface area contributed by atoms with Crippen molar-refractivity contribution in [1.82, 2.24) is 0 Å². The van der Waals surface area contributed by atoms with Crippen molar-refractivity contribution >= 4 is 34.2 Å². The lowest BCUT2D eigenvalue weighted by molar-refractivity contribution is -0.138. The van der Waals surface area contributed by atoms with Gasteiger partial charge < -0.3 is 15.2 Å². The molecule has 1 aliphatic rings. The fraction of sp³-hybridized carbons (Fsp3) is 0.409. The topological polar surface area (TPSA) is 92.7 Å². The quantitative estimate of drug-likeness (QED) is 0.654. The zero-order chi connectivity index (χ0) is 21.0. The van der Waals surface area contributed by atoms with E-state index in [9.17, 15) is 14.4 Å². The Kier molecular flexibility index (Phi) is 6.69. The molecule has 1 atom stereocenters. The number of amides is 1. The van der Waals surface area contributed by atoms with Gasteiger partial charge in [-0.25, -0.2) is 4.79 Å². The number of aliphatic carboxylic acids is 1. The van der Waals surface area contributed by atoms with Crippen LogP contribution in [0, 0.1) is 0 Å². The number of thiophene rings is 1. The highest BCUT2D eigenvalue weighted by Gasteiger charge is 2.31. The minimum absolute atomic E-state index is 0.136. The molecule has 0 saturated carbocycles. The third-order valence-electron chi connectivity index (χ3n) is 4.90. The summed E-state index contributed by atoms with van der Waals surface area (Å²) >= 11 is 1.40. The molecular formula is C22H25NO5S. The van der Waals surface area contributed by atoms with Crippen LogP contribution < -0.4 is 5.32 Å². The van der Waals surface area contributed by atoms with Crippen LogP contribution >= 0.6 is 11.3 Å². The molecule has 7 heteroatoms. The molecule has 0 unspecified atom stereocenters. The van der Waals surface area contributed by atoms with E-state index in [-0.39, 0.29) is 18.9 Å². The number of ether oxygens (including phenoxy) is 1. The van der Waals surface area contributed by atoms with Crippen molar-refractivity contribution < 1.29 is 24.2 Å². The normalized spacial score (nSPS) is 15.6. The molecule has 2 aromatic rings. The van der Waals surface area contributed by atoms with E-state index in [1.807, 2.05) is 18.2 Å². The molecule has 154 valence electrons. The van der Waals surface area contributed by atoms with Gasteiger partial charge in [0.1, 0.15) is 5.00 Å². The monoisotopic (exact) mass is 415 g/mol. The Hall–Kier alpha value is -2.67. The predicted octanol–water partition coefficient (Wildman–Crippen LogP) is 4.39. The fourth-order valence-electron chi connectivity index (χ4n) is 3.58. The zero-order valence-corrected chi connectivity index (χ0v) is 17.4.